The summed E-state index contributed by atoms with van der Waals surface area (Å²) >= 11 is 0. The molecule has 1 saturated heterocycles. The quantitative estimate of drug-likeness (QED) is 0.863. The summed E-state index contributed by atoms with van der Waals surface area (Å²) in [6, 6.07) is 12.0. The number of benzene rings is 1. The van der Waals surface area contributed by atoms with Crippen LogP contribution in [0, 0.1) is 6.92 Å². The fourth-order valence-electron chi connectivity index (χ4n) is 3.11. The minimum Gasteiger partial charge on any atom is -0.337 e. The van der Waals surface area contributed by atoms with Crippen LogP contribution in [0.15, 0.2) is 36.4 Å². The number of likely N-dealkylation sites (tertiary alicyclic amines) is 1. The van der Waals surface area contributed by atoms with E-state index >= 15 is 0 Å². The Morgan fingerprint density at radius 1 is 1.12 bits per heavy atom. The largest absolute Gasteiger partial charge is 0.337 e. The summed E-state index contributed by atoms with van der Waals surface area (Å²) in [5.41, 5.74) is 2.72. The lowest BCUT2D eigenvalue weighted by molar-refractivity contribution is 0.0717. The van der Waals surface area contributed by atoms with Gasteiger partial charge in [-0.05, 0) is 62.9 Å². The zero-order valence-corrected chi connectivity index (χ0v) is 14.4. The molecular weight excluding hydrogens is 300 g/mol. The van der Waals surface area contributed by atoms with Gasteiger partial charge in [-0.1, -0.05) is 12.1 Å². The van der Waals surface area contributed by atoms with Crippen LogP contribution in [-0.2, 0) is 0 Å². The van der Waals surface area contributed by atoms with E-state index in [9.17, 15) is 4.79 Å². The smallest absolute Gasteiger partial charge is 0.274 e. The number of carbonyl (C=O) groups is 1. The molecule has 0 bridgehead atoms. The predicted molar refractivity (Wildman–Crippen MR) is 95.6 cm³/mol. The summed E-state index contributed by atoms with van der Waals surface area (Å²) < 4.78 is 0. The Bertz CT molecular complexity index is 693. The van der Waals surface area contributed by atoms with Crippen molar-refractivity contribution in [2.45, 2.75) is 33.1 Å². The van der Waals surface area contributed by atoms with Crippen LogP contribution in [0.1, 0.15) is 42.2 Å². The number of nitrogens with zero attached hydrogens (tertiary/aromatic N) is 4. The standard InChI is InChI=1S/C19H24N4O/c1-3-23(16-9-7-8-15(2)14-16)18-11-10-17(20-21-18)19(24)22-12-5-4-6-13-22/h7-11,14H,3-6,12-13H2,1-2H3. The minimum atomic E-state index is -0.00708. The Labute approximate surface area is 143 Å². The average Bonchev–Trinajstić information content (AvgIpc) is 2.63. The average molecular weight is 324 g/mol. The molecule has 0 radical (unpaired) electrons. The van der Waals surface area contributed by atoms with Crippen molar-refractivity contribution in [3.05, 3.63) is 47.7 Å². The molecule has 0 atom stereocenters. The van der Waals surface area contributed by atoms with Crippen molar-refractivity contribution in [3.63, 3.8) is 0 Å². The first-order chi connectivity index (χ1) is 11.7. The minimum absolute atomic E-state index is 0.00708. The zero-order chi connectivity index (χ0) is 16.9. The maximum Gasteiger partial charge on any atom is 0.274 e. The van der Waals surface area contributed by atoms with Crippen molar-refractivity contribution >= 4 is 17.4 Å². The molecule has 1 aliphatic heterocycles. The molecule has 1 amide bonds. The van der Waals surface area contributed by atoms with Gasteiger partial charge in [-0.15, -0.1) is 10.2 Å². The van der Waals surface area contributed by atoms with Crippen LogP contribution < -0.4 is 4.90 Å². The molecule has 0 unspecified atom stereocenters. The Kier molecular flexibility index (Phi) is 5.08. The van der Waals surface area contributed by atoms with Crippen molar-refractivity contribution in [1.29, 1.82) is 0 Å². The molecule has 1 aromatic carbocycles. The van der Waals surface area contributed by atoms with Crippen LogP contribution in [0.5, 0.6) is 0 Å². The van der Waals surface area contributed by atoms with Gasteiger partial charge in [0.1, 0.15) is 0 Å². The van der Waals surface area contributed by atoms with Gasteiger partial charge < -0.3 is 9.80 Å². The molecular formula is C19H24N4O. The number of carbonyl (C=O) groups excluding carboxylic acids is 1. The third-order valence-corrected chi connectivity index (χ3v) is 4.42. The summed E-state index contributed by atoms with van der Waals surface area (Å²) in [6.45, 7) is 6.59. The first-order valence-electron chi connectivity index (χ1n) is 8.66. The van der Waals surface area contributed by atoms with Gasteiger partial charge in [0.2, 0.25) is 0 Å². The SMILES string of the molecule is CCN(c1cccc(C)c1)c1ccc(C(=O)N2CCCCC2)nn1. The maximum atomic E-state index is 12.5. The summed E-state index contributed by atoms with van der Waals surface area (Å²) in [5.74, 6) is 0.755. The molecule has 0 spiro atoms. The second kappa shape index (κ2) is 7.43. The number of hydrogen-bond acceptors (Lipinski definition) is 4. The van der Waals surface area contributed by atoms with Crippen molar-refractivity contribution in [2.24, 2.45) is 0 Å². The molecule has 1 aromatic heterocycles. The molecule has 1 fully saturated rings. The number of rotatable bonds is 4. The summed E-state index contributed by atoms with van der Waals surface area (Å²) in [7, 11) is 0. The number of hydrogen-bond donors (Lipinski definition) is 0. The van der Waals surface area contributed by atoms with Gasteiger partial charge >= 0.3 is 0 Å². The van der Waals surface area contributed by atoms with Gasteiger partial charge in [0.05, 0.1) is 0 Å². The highest BCUT2D eigenvalue weighted by Gasteiger charge is 2.20. The van der Waals surface area contributed by atoms with Crippen molar-refractivity contribution in [1.82, 2.24) is 15.1 Å². The number of piperidine rings is 1. The molecule has 126 valence electrons. The number of anilines is 2. The van der Waals surface area contributed by atoms with E-state index in [1.165, 1.54) is 12.0 Å². The van der Waals surface area contributed by atoms with Crippen LogP contribution in [0.2, 0.25) is 0 Å². The van der Waals surface area contributed by atoms with Gasteiger partial charge in [0, 0.05) is 25.3 Å². The second-order valence-corrected chi connectivity index (χ2v) is 6.21. The van der Waals surface area contributed by atoms with E-state index in [-0.39, 0.29) is 5.91 Å². The van der Waals surface area contributed by atoms with Crippen molar-refractivity contribution in [3.8, 4) is 0 Å². The molecule has 2 aromatic rings. The van der Waals surface area contributed by atoms with Gasteiger partial charge in [0.15, 0.2) is 11.5 Å². The van der Waals surface area contributed by atoms with Crippen molar-refractivity contribution in [2.75, 3.05) is 24.5 Å². The molecule has 0 saturated carbocycles. The van der Waals surface area contributed by atoms with E-state index in [0.717, 1.165) is 44.0 Å². The van der Waals surface area contributed by atoms with E-state index in [1.807, 2.05) is 17.0 Å². The fraction of sp³-hybridized carbons (Fsp3) is 0.421. The lowest BCUT2D eigenvalue weighted by Crippen LogP contribution is -2.36. The van der Waals surface area contributed by atoms with E-state index in [4.69, 9.17) is 0 Å². The van der Waals surface area contributed by atoms with Crippen LogP contribution in [-0.4, -0.2) is 40.6 Å². The molecule has 24 heavy (non-hydrogen) atoms. The van der Waals surface area contributed by atoms with Gasteiger partial charge in [0.25, 0.3) is 5.91 Å². The highest BCUT2D eigenvalue weighted by atomic mass is 16.2. The fourth-order valence-corrected chi connectivity index (χ4v) is 3.11. The lowest BCUT2D eigenvalue weighted by Gasteiger charge is -2.26. The second-order valence-electron chi connectivity index (χ2n) is 6.21. The van der Waals surface area contributed by atoms with E-state index in [2.05, 4.69) is 47.1 Å². The maximum absolute atomic E-state index is 12.5. The Balaban J connectivity index is 1.78. The van der Waals surface area contributed by atoms with Gasteiger partial charge in [-0.25, -0.2) is 0 Å². The van der Waals surface area contributed by atoms with E-state index in [0.29, 0.717) is 5.69 Å². The molecule has 1 aliphatic rings. The highest BCUT2D eigenvalue weighted by molar-refractivity contribution is 5.92. The van der Waals surface area contributed by atoms with Crippen LogP contribution >= 0.6 is 0 Å². The highest BCUT2D eigenvalue weighted by Crippen LogP contribution is 2.23. The Morgan fingerprint density at radius 2 is 1.92 bits per heavy atom. The third kappa shape index (κ3) is 3.55. The predicted octanol–water partition coefficient (Wildman–Crippen LogP) is 3.57. The zero-order valence-electron chi connectivity index (χ0n) is 14.4. The van der Waals surface area contributed by atoms with Crippen molar-refractivity contribution < 1.29 is 4.79 Å². The number of aryl methyl sites for hydroxylation is 1. The molecule has 5 heteroatoms. The monoisotopic (exact) mass is 324 g/mol. The molecule has 2 heterocycles. The Morgan fingerprint density at radius 3 is 2.54 bits per heavy atom. The Hall–Kier alpha value is -2.43. The normalized spacial score (nSPS) is 14.5. The van der Waals surface area contributed by atoms with Gasteiger partial charge in [-0.2, -0.15) is 0 Å². The lowest BCUT2D eigenvalue weighted by atomic mass is 10.1. The third-order valence-electron chi connectivity index (χ3n) is 4.42. The molecule has 0 aliphatic carbocycles. The molecule has 5 nitrogen and oxygen atoms in total. The first-order valence-corrected chi connectivity index (χ1v) is 8.66. The molecule has 0 N–H and O–H groups in total. The van der Waals surface area contributed by atoms with Crippen LogP contribution in [0.25, 0.3) is 0 Å². The molecule has 3 rings (SSSR count). The van der Waals surface area contributed by atoms with E-state index in [1.54, 1.807) is 6.07 Å². The van der Waals surface area contributed by atoms with Crippen LogP contribution in [0.4, 0.5) is 11.5 Å². The summed E-state index contributed by atoms with van der Waals surface area (Å²) in [4.78, 5) is 16.4. The van der Waals surface area contributed by atoms with Crippen LogP contribution in [0.3, 0.4) is 0 Å². The first kappa shape index (κ1) is 16.4. The topological polar surface area (TPSA) is 49.3 Å². The summed E-state index contributed by atoms with van der Waals surface area (Å²) in [6.07, 6.45) is 3.36. The number of amides is 1. The van der Waals surface area contributed by atoms with Gasteiger partial charge in [-0.3, -0.25) is 4.79 Å². The number of aromatic nitrogens is 2. The summed E-state index contributed by atoms with van der Waals surface area (Å²) in [5, 5.41) is 8.49. The van der Waals surface area contributed by atoms with E-state index < -0.39 is 0 Å².